The number of amides is 1. The number of aliphatic hydroxyl groups is 1. The van der Waals surface area contributed by atoms with Crippen molar-refractivity contribution in [2.24, 2.45) is 17.8 Å². The van der Waals surface area contributed by atoms with Crippen molar-refractivity contribution >= 4 is 18.0 Å². The first kappa shape index (κ1) is 25.4. The predicted octanol–water partition coefficient (Wildman–Crippen LogP) is 3.53. The van der Waals surface area contributed by atoms with Gasteiger partial charge in [-0.15, -0.1) is 0 Å². The zero-order chi connectivity index (χ0) is 26.6. The summed E-state index contributed by atoms with van der Waals surface area (Å²) in [5.74, 6) is -0.0814. The molecule has 2 aliphatic heterocycles. The van der Waals surface area contributed by atoms with Gasteiger partial charge in [0.15, 0.2) is 5.79 Å². The van der Waals surface area contributed by atoms with Gasteiger partial charge in [0.1, 0.15) is 18.3 Å². The number of carbonyl (C=O) groups is 2. The molecule has 5 fully saturated rings. The molecule has 6 unspecified atom stereocenters. The molecule has 2 saturated heterocycles. The van der Waals surface area contributed by atoms with Crippen molar-refractivity contribution in [2.45, 2.75) is 87.7 Å². The second-order valence-electron chi connectivity index (χ2n) is 12.0. The van der Waals surface area contributed by atoms with Crippen LogP contribution in [-0.4, -0.2) is 66.4 Å². The maximum atomic E-state index is 13.3. The predicted molar refractivity (Wildman–Crippen MR) is 141 cm³/mol. The fourth-order valence-corrected chi connectivity index (χ4v) is 6.65. The van der Waals surface area contributed by atoms with Crippen molar-refractivity contribution < 1.29 is 33.6 Å². The number of carbonyl (C=O) groups excluding carboxylic acids is 2. The highest BCUT2D eigenvalue weighted by molar-refractivity contribution is 5.94. The fourth-order valence-electron chi connectivity index (χ4n) is 6.65. The number of esters is 1. The van der Waals surface area contributed by atoms with Gasteiger partial charge in [0.2, 0.25) is 5.91 Å². The van der Waals surface area contributed by atoms with Crippen LogP contribution in [0.2, 0.25) is 0 Å². The lowest BCUT2D eigenvalue weighted by Gasteiger charge is -2.31. The van der Waals surface area contributed by atoms with Crippen LogP contribution >= 0.6 is 0 Å². The van der Waals surface area contributed by atoms with Gasteiger partial charge < -0.3 is 29.4 Å². The zero-order valence-corrected chi connectivity index (χ0v) is 22.1. The van der Waals surface area contributed by atoms with Crippen LogP contribution in [0.5, 0.6) is 0 Å². The highest BCUT2D eigenvalue weighted by Gasteiger charge is 2.64. The summed E-state index contributed by atoms with van der Waals surface area (Å²) in [6.07, 6.45) is 13.6. The number of epoxide rings is 1. The Bertz CT molecular complexity index is 1160. The Morgan fingerprint density at radius 1 is 1.03 bits per heavy atom. The maximum absolute atomic E-state index is 13.3. The van der Waals surface area contributed by atoms with E-state index in [2.05, 4.69) is 17.5 Å². The van der Waals surface area contributed by atoms with Crippen molar-refractivity contribution in [1.29, 1.82) is 0 Å². The third-order valence-corrected chi connectivity index (χ3v) is 9.11. The van der Waals surface area contributed by atoms with Crippen LogP contribution in [0.25, 0.3) is 6.08 Å². The minimum Gasteiger partial charge on any atom is -0.456 e. The normalized spacial score (nSPS) is 34.6. The molecule has 4 aliphatic carbocycles. The van der Waals surface area contributed by atoms with E-state index in [1.165, 1.54) is 0 Å². The third-order valence-electron chi connectivity index (χ3n) is 9.11. The first-order chi connectivity index (χ1) is 19.0. The Labute approximate surface area is 228 Å². The second-order valence-corrected chi connectivity index (χ2v) is 12.0. The first-order valence-electron chi connectivity index (χ1n) is 14.6. The van der Waals surface area contributed by atoms with E-state index >= 15 is 0 Å². The zero-order valence-electron chi connectivity index (χ0n) is 22.1. The van der Waals surface area contributed by atoms with Gasteiger partial charge in [-0.05, 0) is 74.6 Å². The van der Waals surface area contributed by atoms with E-state index in [1.54, 1.807) is 12.1 Å². The third kappa shape index (κ3) is 5.20. The van der Waals surface area contributed by atoms with E-state index in [9.17, 15) is 9.59 Å². The Kier molecular flexibility index (Phi) is 6.62. The number of rotatable bonds is 9. The summed E-state index contributed by atoms with van der Waals surface area (Å²) in [4.78, 5) is 26.1. The van der Waals surface area contributed by atoms with E-state index < -0.39 is 30.1 Å². The van der Waals surface area contributed by atoms with Crippen LogP contribution < -0.4 is 5.32 Å². The standard InChI is InChI=1S/C31H37NO7/c33-14-13-32-29(34)21-16-26(28-27(17-21)38-31(39-28,22-8-9-22)23-10-11-23)37-30(35)20-6-3-18(4-7-20)1-2-19-5-12-24-25(15-19)36-24/h1-4,6-7,17,19,22-28,33H,5,8-16H2,(H,32,34). The van der Waals surface area contributed by atoms with Gasteiger partial charge in [-0.1, -0.05) is 24.3 Å². The molecule has 6 aliphatic rings. The van der Waals surface area contributed by atoms with Crippen molar-refractivity contribution in [2.75, 3.05) is 13.2 Å². The fraction of sp³-hybridized carbons (Fsp3) is 0.613. The van der Waals surface area contributed by atoms with Gasteiger partial charge in [0.25, 0.3) is 0 Å². The lowest BCUT2D eigenvalue weighted by Crippen LogP contribution is -2.44. The summed E-state index contributed by atoms with van der Waals surface area (Å²) in [5.41, 5.74) is 2.01. The van der Waals surface area contributed by atoms with E-state index in [1.807, 2.05) is 18.2 Å². The number of aliphatic hydroxyl groups excluding tert-OH is 1. The summed E-state index contributed by atoms with van der Waals surface area (Å²) in [7, 11) is 0. The SMILES string of the molecule is O=C(NCCO)C1=CC2OC(C3CC3)(C3CC3)OC2C(OC(=O)c2ccc(C=CC3CCC4OC4C3)cc2)C1. The quantitative estimate of drug-likeness (QED) is 0.368. The minimum absolute atomic E-state index is 0.142. The highest BCUT2D eigenvalue weighted by atomic mass is 16.8. The Balaban J connectivity index is 1.04. The van der Waals surface area contributed by atoms with E-state index in [-0.39, 0.29) is 25.5 Å². The van der Waals surface area contributed by atoms with Gasteiger partial charge >= 0.3 is 5.97 Å². The molecule has 2 heterocycles. The molecule has 0 radical (unpaired) electrons. The monoisotopic (exact) mass is 535 g/mol. The summed E-state index contributed by atoms with van der Waals surface area (Å²) < 4.78 is 24.9. The number of fused-ring (bicyclic) bond motifs is 2. The Morgan fingerprint density at radius 3 is 2.49 bits per heavy atom. The van der Waals surface area contributed by atoms with Crippen molar-refractivity contribution in [1.82, 2.24) is 5.32 Å². The van der Waals surface area contributed by atoms with Crippen LogP contribution in [0.15, 0.2) is 42.0 Å². The molecule has 1 aromatic rings. The number of ether oxygens (including phenoxy) is 4. The van der Waals surface area contributed by atoms with Crippen LogP contribution in [0, 0.1) is 17.8 Å². The highest BCUT2D eigenvalue weighted by Crippen LogP contribution is 2.59. The number of hydrogen-bond acceptors (Lipinski definition) is 7. The summed E-state index contributed by atoms with van der Waals surface area (Å²) in [5, 5.41) is 11.9. The lowest BCUT2D eigenvalue weighted by atomic mass is 9.89. The molecule has 1 amide bonds. The number of hydrogen-bond donors (Lipinski definition) is 2. The van der Waals surface area contributed by atoms with Crippen LogP contribution in [0.3, 0.4) is 0 Å². The molecule has 3 saturated carbocycles. The molecule has 1 aromatic carbocycles. The van der Waals surface area contributed by atoms with Gasteiger partial charge in [-0.3, -0.25) is 4.79 Å². The molecule has 39 heavy (non-hydrogen) atoms. The Morgan fingerprint density at radius 2 is 1.79 bits per heavy atom. The van der Waals surface area contributed by atoms with Crippen molar-refractivity contribution in [3.05, 3.63) is 53.1 Å². The molecule has 0 bridgehead atoms. The molecule has 208 valence electrons. The average Bonchev–Trinajstić information content (AvgIpc) is 3.81. The molecule has 7 rings (SSSR count). The molecule has 0 aromatic heterocycles. The van der Waals surface area contributed by atoms with Gasteiger partial charge in [0.05, 0.1) is 24.4 Å². The van der Waals surface area contributed by atoms with E-state index in [0.717, 1.165) is 50.5 Å². The second kappa shape index (κ2) is 10.1. The molecule has 0 spiro atoms. The topological polar surface area (TPSA) is 107 Å². The molecule has 2 N–H and O–H groups in total. The van der Waals surface area contributed by atoms with E-state index in [4.69, 9.17) is 24.1 Å². The average molecular weight is 536 g/mol. The van der Waals surface area contributed by atoms with Crippen LogP contribution in [-0.2, 0) is 23.7 Å². The van der Waals surface area contributed by atoms with Gasteiger partial charge in [0, 0.05) is 30.4 Å². The largest absolute Gasteiger partial charge is 0.456 e. The Hall–Kier alpha value is -2.52. The first-order valence-corrected chi connectivity index (χ1v) is 14.6. The van der Waals surface area contributed by atoms with Crippen LogP contribution in [0.4, 0.5) is 0 Å². The number of allylic oxidation sites excluding steroid dienone is 1. The van der Waals surface area contributed by atoms with Gasteiger partial charge in [-0.2, -0.15) is 0 Å². The molecule has 8 heteroatoms. The van der Waals surface area contributed by atoms with Crippen molar-refractivity contribution in [3.8, 4) is 0 Å². The summed E-state index contributed by atoms with van der Waals surface area (Å²) in [6.45, 7) is 0.0212. The van der Waals surface area contributed by atoms with Crippen LogP contribution in [0.1, 0.15) is 67.3 Å². The molecule has 6 atom stereocenters. The minimum atomic E-state index is -0.638. The molecule has 8 nitrogen and oxygen atoms in total. The van der Waals surface area contributed by atoms with E-state index in [0.29, 0.717) is 41.1 Å². The lowest BCUT2D eigenvalue weighted by molar-refractivity contribution is -0.209. The molecular formula is C31H37NO7. The van der Waals surface area contributed by atoms with Crippen molar-refractivity contribution in [3.63, 3.8) is 0 Å². The number of nitrogens with one attached hydrogen (secondary N) is 1. The maximum Gasteiger partial charge on any atom is 0.338 e. The number of benzene rings is 1. The van der Waals surface area contributed by atoms with Gasteiger partial charge in [-0.25, -0.2) is 4.79 Å². The molecular weight excluding hydrogens is 498 g/mol. The summed E-state index contributed by atoms with van der Waals surface area (Å²) in [6, 6.07) is 7.45. The summed E-state index contributed by atoms with van der Waals surface area (Å²) >= 11 is 0. The smallest absolute Gasteiger partial charge is 0.338 e.